The number of aromatic amines is 2. The lowest BCUT2D eigenvalue weighted by Gasteiger charge is -2.07. The van der Waals surface area contributed by atoms with Gasteiger partial charge in [0, 0.05) is 34.7 Å². The summed E-state index contributed by atoms with van der Waals surface area (Å²) in [4.78, 5) is 18.3. The second-order valence-electron chi connectivity index (χ2n) is 6.69. The van der Waals surface area contributed by atoms with Crippen LogP contribution >= 0.6 is 0 Å². The van der Waals surface area contributed by atoms with Crippen molar-refractivity contribution in [3.05, 3.63) is 81.8 Å². The molecule has 26 heavy (non-hydrogen) atoms. The zero-order valence-electron chi connectivity index (χ0n) is 14.9. The van der Waals surface area contributed by atoms with Crippen molar-refractivity contribution in [3.63, 3.8) is 0 Å². The Morgan fingerprint density at radius 1 is 1.00 bits per heavy atom. The Hall–Kier alpha value is -2.85. The summed E-state index contributed by atoms with van der Waals surface area (Å²) in [5.41, 5.74) is 5.46. The topological polar surface area (TPSA) is 60.7 Å². The monoisotopic (exact) mass is 345 g/mol. The van der Waals surface area contributed by atoms with Gasteiger partial charge in [-0.25, -0.2) is 0 Å². The van der Waals surface area contributed by atoms with Crippen molar-refractivity contribution in [1.29, 1.82) is 0 Å². The number of pyridine rings is 1. The van der Waals surface area contributed by atoms with E-state index in [1.165, 1.54) is 22.0 Å². The second kappa shape index (κ2) is 7.18. The number of nitrogens with one attached hydrogen (secondary N) is 3. The molecule has 0 fully saturated rings. The normalized spacial score (nSPS) is 11.4. The van der Waals surface area contributed by atoms with E-state index in [1.54, 1.807) is 0 Å². The lowest BCUT2D eigenvalue weighted by Crippen LogP contribution is -2.17. The van der Waals surface area contributed by atoms with Crippen LogP contribution in [-0.2, 0) is 19.4 Å². The lowest BCUT2D eigenvalue weighted by atomic mass is 10.1. The average molecular weight is 345 g/mol. The molecule has 2 heterocycles. The van der Waals surface area contributed by atoms with Gasteiger partial charge in [0.25, 0.3) is 5.56 Å². The first kappa shape index (κ1) is 16.6. The largest absolute Gasteiger partial charge is 0.361 e. The van der Waals surface area contributed by atoms with Crippen molar-refractivity contribution in [2.24, 2.45) is 0 Å². The predicted octanol–water partition coefficient (Wildman–Crippen LogP) is 3.90. The Kier molecular flexibility index (Phi) is 4.59. The van der Waals surface area contributed by atoms with E-state index >= 15 is 0 Å². The third-order valence-electron chi connectivity index (χ3n) is 4.94. The van der Waals surface area contributed by atoms with Crippen LogP contribution in [-0.4, -0.2) is 16.5 Å². The van der Waals surface area contributed by atoms with Gasteiger partial charge >= 0.3 is 0 Å². The van der Waals surface area contributed by atoms with E-state index in [0.717, 1.165) is 42.4 Å². The highest BCUT2D eigenvalue weighted by Crippen LogP contribution is 2.18. The van der Waals surface area contributed by atoms with Crippen molar-refractivity contribution < 1.29 is 0 Å². The molecule has 4 nitrogen and oxygen atoms in total. The van der Waals surface area contributed by atoms with Gasteiger partial charge in [-0.3, -0.25) is 4.79 Å². The highest BCUT2D eigenvalue weighted by Gasteiger charge is 2.04. The first-order chi connectivity index (χ1) is 12.7. The van der Waals surface area contributed by atoms with Gasteiger partial charge in [-0.05, 0) is 54.1 Å². The zero-order chi connectivity index (χ0) is 17.9. The minimum absolute atomic E-state index is 0.0180. The van der Waals surface area contributed by atoms with Crippen molar-refractivity contribution in [3.8, 4) is 0 Å². The first-order valence-electron chi connectivity index (χ1n) is 9.15. The van der Waals surface area contributed by atoms with Gasteiger partial charge < -0.3 is 15.3 Å². The van der Waals surface area contributed by atoms with Crippen LogP contribution in [0.15, 0.2) is 59.5 Å². The minimum atomic E-state index is 0.0180. The molecule has 0 unspecified atom stereocenters. The molecule has 0 aliphatic rings. The maximum atomic E-state index is 12.0. The van der Waals surface area contributed by atoms with Gasteiger partial charge in [0.15, 0.2) is 0 Å². The van der Waals surface area contributed by atoms with Crippen LogP contribution in [0.3, 0.4) is 0 Å². The Labute approximate surface area is 152 Å². The Balaban J connectivity index is 1.41. The molecule has 0 bridgehead atoms. The van der Waals surface area contributed by atoms with Gasteiger partial charge in [-0.1, -0.05) is 37.3 Å². The highest BCUT2D eigenvalue weighted by atomic mass is 16.1. The van der Waals surface area contributed by atoms with Gasteiger partial charge in [-0.2, -0.15) is 0 Å². The molecule has 132 valence electrons. The van der Waals surface area contributed by atoms with Crippen molar-refractivity contribution in [2.45, 2.75) is 26.3 Å². The van der Waals surface area contributed by atoms with Gasteiger partial charge in [-0.15, -0.1) is 0 Å². The molecule has 0 radical (unpaired) electrons. The molecule has 4 aromatic rings. The summed E-state index contributed by atoms with van der Waals surface area (Å²) in [5.74, 6) is 0. The maximum Gasteiger partial charge on any atom is 0.251 e. The summed E-state index contributed by atoms with van der Waals surface area (Å²) in [6, 6.07) is 16.6. The van der Waals surface area contributed by atoms with Crippen molar-refractivity contribution >= 4 is 21.8 Å². The summed E-state index contributed by atoms with van der Waals surface area (Å²) in [5, 5.41) is 5.88. The molecular weight excluding hydrogens is 322 g/mol. The third kappa shape index (κ3) is 3.28. The smallest absolute Gasteiger partial charge is 0.251 e. The molecular formula is C22H23N3O. The summed E-state index contributed by atoms with van der Waals surface area (Å²) in [6.07, 6.45) is 3.83. The van der Waals surface area contributed by atoms with Crippen LogP contribution in [0.4, 0.5) is 0 Å². The van der Waals surface area contributed by atoms with E-state index in [4.69, 9.17) is 0 Å². The van der Waals surface area contributed by atoms with Crippen LogP contribution in [0.5, 0.6) is 0 Å². The Bertz CT molecular complexity index is 1110. The molecule has 0 spiro atoms. The quantitative estimate of drug-likeness (QED) is 0.464. The van der Waals surface area contributed by atoms with E-state index in [0.29, 0.717) is 0 Å². The van der Waals surface area contributed by atoms with E-state index in [1.807, 2.05) is 19.1 Å². The number of rotatable bonds is 6. The molecule has 0 atom stereocenters. The molecule has 0 aliphatic heterocycles. The minimum Gasteiger partial charge on any atom is -0.361 e. The number of hydrogen-bond donors (Lipinski definition) is 3. The first-order valence-corrected chi connectivity index (χ1v) is 9.15. The fraction of sp³-hybridized carbons (Fsp3) is 0.227. The van der Waals surface area contributed by atoms with Gasteiger partial charge in [0.1, 0.15) is 0 Å². The molecule has 4 heteroatoms. The van der Waals surface area contributed by atoms with Gasteiger partial charge in [0.05, 0.1) is 0 Å². The highest BCUT2D eigenvalue weighted by molar-refractivity contribution is 5.83. The molecule has 0 saturated heterocycles. The van der Waals surface area contributed by atoms with E-state index in [2.05, 4.69) is 57.9 Å². The summed E-state index contributed by atoms with van der Waals surface area (Å²) in [7, 11) is 0. The average Bonchev–Trinajstić information content (AvgIpc) is 3.08. The fourth-order valence-corrected chi connectivity index (χ4v) is 3.46. The summed E-state index contributed by atoms with van der Waals surface area (Å²) in [6.45, 7) is 3.70. The summed E-state index contributed by atoms with van der Waals surface area (Å²) < 4.78 is 0. The number of aromatic nitrogens is 2. The Morgan fingerprint density at radius 2 is 1.88 bits per heavy atom. The predicted molar refractivity (Wildman–Crippen MR) is 108 cm³/mol. The van der Waals surface area contributed by atoms with Crippen LogP contribution in [0, 0.1) is 0 Å². The molecule has 0 amide bonds. The van der Waals surface area contributed by atoms with Crippen LogP contribution in [0.25, 0.3) is 21.8 Å². The molecule has 2 aromatic heterocycles. The lowest BCUT2D eigenvalue weighted by molar-refractivity contribution is 0.689. The second-order valence-corrected chi connectivity index (χ2v) is 6.69. The molecule has 0 saturated carbocycles. The van der Waals surface area contributed by atoms with Crippen LogP contribution < -0.4 is 10.9 Å². The van der Waals surface area contributed by atoms with Crippen LogP contribution in [0.1, 0.15) is 23.6 Å². The number of H-pyrrole nitrogens is 2. The van der Waals surface area contributed by atoms with Crippen molar-refractivity contribution in [1.82, 2.24) is 15.3 Å². The molecule has 2 aromatic carbocycles. The van der Waals surface area contributed by atoms with Crippen molar-refractivity contribution in [2.75, 3.05) is 6.54 Å². The molecule has 0 aliphatic carbocycles. The number of benzene rings is 2. The maximum absolute atomic E-state index is 12.0. The number of fused-ring (bicyclic) bond motifs is 2. The summed E-state index contributed by atoms with van der Waals surface area (Å²) >= 11 is 0. The standard InChI is InChI=1S/C22H23N3O/c1-2-16-12-17-8-7-15(11-21(17)25-22(16)26)13-23-10-9-18-14-24-20-6-4-3-5-19(18)20/h3-8,11-12,14,23-24H,2,9-10,13H2,1H3,(H,25,26). The number of hydrogen-bond acceptors (Lipinski definition) is 2. The van der Waals surface area contributed by atoms with E-state index < -0.39 is 0 Å². The zero-order valence-corrected chi connectivity index (χ0v) is 14.9. The fourth-order valence-electron chi connectivity index (χ4n) is 3.46. The SMILES string of the molecule is CCc1cc2ccc(CNCCc3c[nH]c4ccccc34)cc2[nH]c1=O. The number of para-hydroxylation sites is 1. The van der Waals surface area contributed by atoms with Gasteiger partial charge in [0.2, 0.25) is 0 Å². The van der Waals surface area contributed by atoms with E-state index in [-0.39, 0.29) is 5.56 Å². The van der Waals surface area contributed by atoms with Crippen LogP contribution in [0.2, 0.25) is 0 Å². The third-order valence-corrected chi connectivity index (χ3v) is 4.94. The number of aryl methyl sites for hydroxylation is 1. The molecule has 4 rings (SSSR count). The molecule has 3 N–H and O–H groups in total. The van der Waals surface area contributed by atoms with E-state index in [9.17, 15) is 4.79 Å². The Morgan fingerprint density at radius 3 is 2.77 bits per heavy atom.